The Morgan fingerprint density at radius 3 is 2.43 bits per heavy atom. The van der Waals surface area contributed by atoms with Crippen LogP contribution in [0.25, 0.3) is 0 Å². The molecular weight excluding hydrogens is 354 g/mol. The number of amides is 1. The number of nitrogens with zero attached hydrogens (tertiary/aromatic N) is 1. The number of pyridine rings is 1. The number of methoxy groups -OCH3 is 2. The average Bonchev–Trinajstić information content (AvgIpc) is 2.70. The van der Waals surface area contributed by atoms with E-state index in [2.05, 4.69) is 21.7 Å². The third kappa shape index (κ3) is 4.40. The van der Waals surface area contributed by atoms with Gasteiger partial charge in [-0.2, -0.15) is 0 Å². The molecule has 1 amide bonds. The summed E-state index contributed by atoms with van der Waals surface area (Å²) in [5.41, 5.74) is 4.37. The summed E-state index contributed by atoms with van der Waals surface area (Å²) >= 11 is 0. The maximum Gasteiger partial charge on any atom is 0.255 e. The number of ether oxygens (including phenoxy) is 2. The number of aryl methyl sites for hydroxylation is 2. The number of anilines is 3. The van der Waals surface area contributed by atoms with Crippen molar-refractivity contribution in [2.24, 2.45) is 0 Å². The van der Waals surface area contributed by atoms with Crippen molar-refractivity contribution in [1.29, 1.82) is 0 Å². The first-order valence-electron chi connectivity index (χ1n) is 8.84. The predicted octanol–water partition coefficient (Wildman–Crippen LogP) is 4.71. The minimum absolute atomic E-state index is 0.238. The van der Waals surface area contributed by atoms with Crippen LogP contribution in [-0.2, 0) is 0 Å². The average molecular weight is 377 g/mol. The molecule has 0 fully saturated rings. The summed E-state index contributed by atoms with van der Waals surface area (Å²) in [6, 6.07) is 14.7. The predicted molar refractivity (Wildman–Crippen MR) is 111 cm³/mol. The molecule has 1 heterocycles. The van der Waals surface area contributed by atoms with E-state index in [4.69, 9.17) is 9.47 Å². The zero-order valence-corrected chi connectivity index (χ0v) is 16.4. The molecule has 1 aromatic heterocycles. The van der Waals surface area contributed by atoms with Crippen molar-refractivity contribution >= 4 is 23.1 Å². The summed E-state index contributed by atoms with van der Waals surface area (Å²) in [6.45, 7) is 4.08. The number of carbonyl (C=O) groups is 1. The van der Waals surface area contributed by atoms with Crippen molar-refractivity contribution < 1.29 is 14.3 Å². The van der Waals surface area contributed by atoms with Gasteiger partial charge in [0.25, 0.3) is 5.91 Å². The second kappa shape index (κ2) is 8.43. The van der Waals surface area contributed by atoms with Crippen molar-refractivity contribution in [2.75, 3.05) is 24.9 Å². The third-order valence-corrected chi connectivity index (χ3v) is 4.31. The molecule has 3 rings (SSSR count). The van der Waals surface area contributed by atoms with Crippen molar-refractivity contribution in [2.45, 2.75) is 13.8 Å². The van der Waals surface area contributed by atoms with E-state index in [0.717, 1.165) is 11.3 Å². The second-order valence-electron chi connectivity index (χ2n) is 6.40. The fourth-order valence-corrected chi connectivity index (χ4v) is 2.85. The van der Waals surface area contributed by atoms with Gasteiger partial charge in [-0.15, -0.1) is 0 Å². The molecular formula is C22H23N3O3. The molecule has 28 heavy (non-hydrogen) atoms. The van der Waals surface area contributed by atoms with Gasteiger partial charge in [-0.25, -0.2) is 4.98 Å². The monoisotopic (exact) mass is 377 g/mol. The molecule has 0 aliphatic carbocycles. The van der Waals surface area contributed by atoms with Crippen LogP contribution >= 0.6 is 0 Å². The summed E-state index contributed by atoms with van der Waals surface area (Å²) in [5, 5.41) is 6.13. The molecule has 6 nitrogen and oxygen atoms in total. The molecule has 0 saturated heterocycles. The molecule has 0 aliphatic heterocycles. The molecule has 3 aromatic rings. The van der Waals surface area contributed by atoms with E-state index in [1.807, 2.05) is 26.0 Å². The van der Waals surface area contributed by atoms with Crippen LogP contribution in [-0.4, -0.2) is 25.1 Å². The molecule has 0 bridgehead atoms. The summed E-state index contributed by atoms with van der Waals surface area (Å²) in [6.07, 6.45) is 1.61. The number of nitrogens with one attached hydrogen (secondary N) is 2. The highest BCUT2D eigenvalue weighted by molar-refractivity contribution is 6.04. The summed E-state index contributed by atoms with van der Waals surface area (Å²) in [5.74, 6) is 1.52. The van der Waals surface area contributed by atoms with E-state index in [-0.39, 0.29) is 5.91 Å². The zero-order valence-electron chi connectivity index (χ0n) is 16.4. The van der Waals surface area contributed by atoms with Crippen LogP contribution in [0.15, 0.2) is 54.7 Å². The maximum absolute atomic E-state index is 12.6. The quantitative estimate of drug-likeness (QED) is 0.651. The SMILES string of the molecule is COc1ccc(NC(=O)c2ccnc(Nc3ccc(C)cc3C)c2)cc1OC. The Hall–Kier alpha value is -3.54. The Balaban J connectivity index is 1.77. The molecule has 0 atom stereocenters. The number of carbonyl (C=O) groups excluding carboxylic acids is 1. The first kappa shape index (κ1) is 19.2. The molecule has 144 valence electrons. The van der Waals surface area contributed by atoms with E-state index in [9.17, 15) is 4.79 Å². The summed E-state index contributed by atoms with van der Waals surface area (Å²) in [4.78, 5) is 17.0. The zero-order chi connectivity index (χ0) is 20.1. The summed E-state index contributed by atoms with van der Waals surface area (Å²) < 4.78 is 10.5. The van der Waals surface area contributed by atoms with Gasteiger partial charge in [0, 0.05) is 29.2 Å². The van der Waals surface area contributed by atoms with Gasteiger partial charge in [0.15, 0.2) is 11.5 Å². The van der Waals surface area contributed by atoms with Crippen molar-refractivity contribution in [3.63, 3.8) is 0 Å². The number of rotatable bonds is 6. The fourth-order valence-electron chi connectivity index (χ4n) is 2.85. The Labute approximate surface area is 164 Å². The first-order valence-corrected chi connectivity index (χ1v) is 8.84. The largest absolute Gasteiger partial charge is 0.493 e. The Morgan fingerprint density at radius 2 is 1.71 bits per heavy atom. The van der Waals surface area contributed by atoms with Crippen molar-refractivity contribution in [1.82, 2.24) is 4.98 Å². The molecule has 0 aliphatic rings. The van der Waals surface area contributed by atoms with Gasteiger partial charge < -0.3 is 20.1 Å². The molecule has 2 aromatic carbocycles. The van der Waals surface area contributed by atoms with Crippen LogP contribution in [0.5, 0.6) is 11.5 Å². The number of benzene rings is 2. The summed E-state index contributed by atoms with van der Waals surface area (Å²) in [7, 11) is 3.12. The van der Waals surface area contributed by atoms with Crippen LogP contribution in [0, 0.1) is 13.8 Å². The third-order valence-electron chi connectivity index (χ3n) is 4.31. The lowest BCUT2D eigenvalue weighted by Crippen LogP contribution is -2.12. The van der Waals surface area contributed by atoms with Gasteiger partial charge >= 0.3 is 0 Å². The van der Waals surface area contributed by atoms with Crippen molar-refractivity contribution in [3.8, 4) is 11.5 Å². The van der Waals surface area contributed by atoms with Gasteiger partial charge in [-0.1, -0.05) is 17.7 Å². The Kier molecular flexibility index (Phi) is 5.79. The van der Waals surface area contributed by atoms with Crippen LogP contribution in [0.3, 0.4) is 0 Å². The lowest BCUT2D eigenvalue weighted by Gasteiger charge is -2.12. The topological polar surface area (TPSA) is 72.5 Å². The van der Waals surface area contributed by atoms with Gasteiger partial charge in [0.05, 0.1) is 14.2 Å². The van der Waals surface area contributed by atoms with Crippen LogP contribution in [0.2, 0.25) is 0 Å². The smallest absolute Gasteiger partial charge is 0.255 e. The van der Waals surface area contributed by atoms with E-state index in [1.54, 1.807) is 50.7 Å². The lowest BCUT2D eigenvalue weighted by molar-refractivity contribution is 0.102. The maximum atomic E-state index is 12.6. The first-order chi connectivity index (χ1) is 13.5. The highest BCUT2D eigenvalue weighted by atomic mass is 16.5. The Bertz CT molecular complexity index is 1000. The van der Waals surface area contributed by atoms with Crippen LogP contribution in [0.1, 0.15) is 21.5 Å². The molecule has 0 radical (unpaired) electrons. The second-order valence-corrected chi connectivity index (χ2v) is 6.40. The van der Waals surface area contributed by atoms with E-state index in [1.165, 1.54) is 5.56 Å². The van der Waals surface area contributed by atoms with Crippen molar-refractivity contribution in [3.05, 3.63) is 71.4 Å². The minimum Gasteiger partial charge on any atom is -0.493 e. The standard InChI is InChI=1S/C22H23N3O3/c1-14-5-7-18(15(2)11-14)25-21-12-16(9-10-23-21)22(26)24-17-6-8-19(27-3)20(13-17)28-4/h5-13H,1-4H3,(H,23,25)(H,24,26). The number of hydrogen-bond acceptors (Lipinski definition) is 5. The molecule has 2 N–H and O–H groups in total. The molecule has 0 unspecified atom stereocenters. The van der Waals surface area contributed by atoms with E-state index >= 15 is 0 Å². The van der Waals surface area contributed by atoms with Crippen LogP contribution < -0.4 is 20.1 Å². The normalized spacial score (nSPS) is 10.3. The molecule has 0 spiro atoms. The van der Waals surface area contributed by atoms with Gasteiger partial charge in [0.1, 0.15) is 5.82 Å². The lowest BCUT2D eigenvalue weighted by atomic mass is 10.1. The minimum atomic E-state index is -0.238. The van der Waals surface area contributed by atoms with Gasteiger partial charge in [-0.05, 0) is 49.7 Å². The van der Waals surface area contributed by atoms with Crippen LogP contribution in [0.4, 0.5) is 17.2 Å². The number of hydrogen-bond donors (Lipinski definition) is 2. The van der Waals surface area contributed by atoms with Gasteiger partial charge in [-0.3, -0.25) is 4.79 Å². The highest BCUT2D eigenvalue weighted by Crippen LogP contribution is 2.30. The van der Waals surface area contributed by atoms with E-state index < -0.39 is 0 Å². The van der Waals surface area contributed by atoms with E-state index in [0.29, 0.717) is 28.6 Å². The molecule has 0 saturated carbocycles. The molecule has 6 heteroatoms. The van der Waals surface area contributed by atoms with Gasteiger partial charge in [0.2, 0.25) is 0 Å². The number of aromatic nitrogens is 1. The highest BCUT2D eigenvalue weighted by Gasteiger charge is 2.11. The fraction of sp³-hybridized carbons (Fsp3) is 0.182. The Morgan fingerprint density at radius 1 is 0.929 bits per heavy atom.